The average Bonchev–Trinajstić information content (AvgIpc) is 2.58. The minimum atomic E-state index is 0.958. The van der Waals surface area contributed by atoms with Crippen molar-refractivity contribution in [3.05, 3.63) is 42.6 Å². The first-order chi connectivity index (χ1) is 6.42. The Kier molecular flexibility index (Phi) is 2.32. The summed E-state index contributed by atoms with van der Waals surface area (Å²) in [5.41, 5.74) is 2.41. The van der Waals surface area contributed by atoms with Crippen LogP contribution in [0.15, 0.2) is 30.5 Å². The summed E-state index contributed by atoms with van der Waals surface area (Å²) in [5, 5.41) is 4.46. The van der Waals surface area contributed by atoms with Crippen LogP contribution in [0.4, 0.5) is 0 Å². The van der Waals surface area contributed by atoms with Gasteiger partial charge in [0.2, 0.25) is 0 Å². The molecule has 2 heteroatoms. The van der Waals surface area contributed by atoms with Crippen LogP contribution in [-0.4, -0.2) is 11.5 Å². The van der Waals surface area contributed by atoms with Gasteiger partial charge in [0, 0.05) is 17.1 Å². The zero-order valence-corrected chi connectivity index (χ0v) is 7.67. The summed E-state index contributed by atoms with van der Waals surface area (Å²) >= 11 is 0. The fraction of sp³-hybridized carbons (Fsp3) is 0.182. The van der Waals surface area contributed by atoms with E-state index in [1.807, 2.05) is 18.8 Å². The maximum Gasteiger partial charge on any atom is 0.0540 e. The molecular weight excluding hydrogens is 160 g/mol. The lowest BCUT2D eigenvalue weighted by Gasteiger charge is -1.97. The van der Waals surface area contributed by atoms with E-state index in [4.69, 9.17) is 0 Å². The van der Waals surface area contributed by atoms with E-state index < -0.39 is 0 Å². The highest BCUT2D eigenvalue weighted by atomic mass is 14.8. The van der Waals surface area contributed by atoms with Crippen molar-refractivity contribution in [3.63, 3.8) is 0 Å². The topological polar surface area (TPSA) is 27.8 Å². The van der Waals surface area contributed by atoms with Gasteiger partial charge in [0.25, 0.3) is 0 Å². The summed E-state index contributed by atoms with van der Waals surface area (Å²) in [6, 6.07) is 8.29. The van der Waals surface area contributed by atoms with Gasteiger partial charge in [-0.3, -0.25) is 0 Å². The molecule has 0 unspecified atom stereocenters. The summed E-state index contributed by atoms with van der Waals surface area (Å²) in [6.45, 7) is 5.09. The van der Waals surface area contributed by atoms with Gasteiger partial charge in [0.1, 0.15) is 0 Å². The normalized spacial score (nSPS) is 10.8. The average molecular weight is 173 g/mol. The molecule has 2 aromatic rings. The number of aromatic amines is 1. The third kappa shape index (κ3) is 1.58. The van der Waals surface area contributed by atoms with E-state index >= 15 is 0 Å². The largest absolute Gasteiger partial charge is 0.361 e. The highest BCUT2D eigenvalue weighted by Crippen LogP contribution is 2.17. The van der Waals surface area contributed by atoms with Gasteiger partial charge >= 0.3 is 0 Å². The maximum absolute atomic E-state index is 3.23. The predicted molar refractivity (Wildman–Crippen MR) is 55.4 cm³/mol. The number of hydrogen-bond donors (Lipinski definition) is 2. The van der Waals surface area contributed by atoms with Crippen LogP contribution in [0, 0.1) is 6.54 Å². The quantitative estimate of drug-likeness (QED) is 0.732. The van der Waals surface area contributed by atoms with Gasteiger partial charge in [0.05, 0.1) is 6.54 Å². The highest BCUT2D eigenvalue weighted by Gasteiger charge is 2.00. The molecule has 1 heterocycles. The number of rotatable bonds is 3. The molecule has 67 valence electrons. The Morgan fingerprint density at radius 2 is 2.23 bits per heavy atom. The lowest BCUT2D eigenvalue weighted by Crippen LogP contribution is -2.08. The van der Waals surface area contributed by atoms with Crippen LogP contribution in [0.5, 0.6) is 0 Å². The van der Waals surface area contributed by atoms with E-state index in [9.17, 15) is 0 Å². The molecule has 0 aliphatic carbocycles. The van der Waals surface area contributed by atoms with Gasteiger partial charge in [-0.15, -0.1) is 0 Å². The minimum Gasteiger partial charge on any atom is -0.361 e. The first kappa shape index (κ1) is 8.32. The third-order valence-electron chi connectivity index (χ3n) is 2.08. The fourth-order valence-electron chi connectivity index (χ4n) is 1.43. The Labute approximate surface area is 78.0 Å². The van der Waals surface area contributed by atoms with Crippen molar-refractivity contribution in [2.45, 2.75) is 6.92 Å². The summed E-state index contributed by atoms with van der Waals surface area (Å²) in [6.07, 6.45) is 2.02. The summed E-state index contributed by atoms with van der Waals surface area (Å²) in [4.78, 5) is 3.23. The molecule has 0 saturated heterocycles. The Bertz CT molecular complexity index is 390. The molecule has 0 amide bonds. The number of hydrogen-bond acceptors (Lipinski definition) is 1. The van der Waals surface area contributed by atoms with Gasteiger partial charge in [-0.25, -0.2) is 0 Å². The molecule has 0 atom stereocenters. The van der Waals surface area contributed by atoms with Crippen molar-refractivity contribution in [1.29, 1.82) is 0 Å². The molecule has 0 spiro atoms. The second-order valence-corrected chi connectivity index (χ2v) is 2.99. The molecule has 1 radical (unpaired) electrons. The first-order valence-corrected chi connectivity index (χ1v) is 4.54. The number of nitrogens with one attached hydrogen (secondary N) is 2. The van der Waals surface area contributed by atoms with Gasteiger partial charge < -0.3 is 10.3 Å². The van der Waals surface area contributed by atoms with Crippen LogP contribution in [-0.2, 0) is 0 Å². The SMILES string of the molecule is CCN[CH]c1c[nH]c2ccccc12. The molecule has 0 fully saturated rings. The second kappa shape index (κ2) is 3.62. The standard InChI is InChI=1S/C11H13N2/c1-2-12-7-9-8-13-11-6-4-3-5-10(9)11/h3-8,12-13H,2H2,1H3. The number of H-pyrrole nitrogens is 1. The van der Waals surface area contributed by atoms with Crippen LogP contribution >= 0.6 is 0 Å². The van der Waals surface area contributed by atoms with E-state index in [0.717, 1.165) is 6.54 Å². The number of para-hydroxylation sites is 1. The van der Waals surface area contributed by atoms with Crippen molar-refractivity contribution in [3.8, 4) is 0 Å². The van der Waals surface area contributed by atoms with Crippen molar-refractivity contribution in [2.24, 2.45) is 0 Å². The highest BCUT2D eigenvalue weighted by molar-refractivity contribution is 5.84. The van der Waals surface area contributed by atoms with Crippen molar-refractivity contribution in [2.75, 3.05) is 6.54 Å². The van der Waals surface area contributed by atoms with Crippen LogP contribution in [0.1, 0.15) is 12.5 Å². The fourth-order valence-corrected chi connectivity index (χ4v) is 1.43. The maximum atomic E-state index is 3.23. The third-order valence-corrected chi connectivity index (χ3v) is 2.08. The molecule has 1 aromatic carbocycles. The minimum absolute atomic E-state index is 0.958. The lowest BCUT2D eigenvalue weighted by atomic mass is 10.2. The number of fused-ring (bicyclic) bond motifs is 1. The zero-order chi connectivity index (χ0) is 9.10. The molecule has 0 aliphatic heterocycles. The van der Waals surface area contributed by atoms with Crippen molar-refractivity contribution >= 4 is 10.9 Å². The van der Waals surface area contributed by atoms with E-state index in [2.05, 4.69) is 35.4 Å². The van der Waals surface area contributed by atoms with Crippen LogP contribution in [0.25, 0.3) is 10.9 Å². The molecular formula is C11H13N2. The van der Waals surface area contributed by atoms with Crippen molar-refractivity contribution < 1.29 is 0 Å². The van der Waals surface area contributed by atoms with Crippen LogP contribution in [0.3, 0.4) is 0 Å². The van der Waals surface area contributed by atoms with Crippen LogP contribution in [0.2, 0.25) is 0 Å². The Morgan fingerprint density at radius 3 is 3.08 bits per heavy atom. The Hall–Kier alpha value is -1.28. The zero-order valence-electron chi connectivity index (χ0n) is 7.67. The molecule has 0 aliphatic rings. The van der Waals surface area contributed by atoms with Gasteiger partial charge in [-0.2, -0.15) is 0 Å². The van der Waals surface area contributed by atoms with E-state index in [-0.39, 0.29) is 0 Å². The Morgan fingerprint density at radius 1 is 1.38 bits per heavy atom. The van der Waals surface area contributed by atoms with Crippen LogP contribution < -0.4 is 5.32 Å². The summed E-state index contributed by atoms with van der Waals surface area (Å²) < 4.78 is 0. The van der Waals surface area contributed by atoms with E-state index in [1.54, 1.807) is 0 Å². The van der Waals surface area contributed by atoms with E-state index in [0.29, 0.717) is 0 Å². The molecule has 2 nitrogen and oxygen atoms in total. The summed E-state index contributed by atoms with van der Waals surface area (Å²) in [5.74, 6) is 0. The molecule has 1 aromatic heterocycles. The number of aromatic nitrogens is 1. The van der Waals surface area contributed by atoms with Gasteiger partial charge in [0.15, 0.2) is 0 Å². The smallest absolute Gasteiger partial charge is 0.0540 e. The van der Waals surface area contributed by atoms with Crippen molar-refractivity contribution in [1.82, 2.24) is 10.3 Å². The Balaban J connectivity index is 2.35. The van der Waals surface area contributed by atoms with Gasteiger partial charge in [-0.05, 0) is 18.2 Å². The second-order valence-electron chi connectivity index (χ2n) is 2.99. The molecule has 0 bridgehead atoms. The first-order valence-electron chi connectivity index (χ1n) is 4.54. The number of benzene rings is 1. The molecule has 13 heavy (non-hydrogen) atoms. The monoisotopic (exact) mass is 173 g/mol. The molecule has 2 N–H and O–H groups in total. The van der Waals surface area contributed by atoms with Gasteiger partial charge in [-0.1, -0.05) is 25.1 Å². The summed E-state index contributed by atoms with van der Waals surface area (Å²) in [7, 11) is 0. The van der Waals surface area contributed by atoms with E-state index in [1.165, 1.54) is 16.5 Å². The molecule has 0 saturated carbocycles. The molecule has 2 rings (SSSR count). The predicted octanol–water partition coefficient (Wildman–Crippen LogP) is 2.29. The lowest BCUT2D eigenvalue weighted by molar-refractivity contribution is 0.865.